The normalized spacial score (nSPS) is 23.0. The molecule has 0 aromatic rings. The van der Waals surface area contributed by atoms with Gasteiger partial charge in [0.05, 0.1) is 7.11 Å². The summed E-state index contributed by atoms with van der Waals surface area (Å²) in [6.45, 7) is 4.22. The van der Waals surface area contributed by atoms with Gasteiger partial charge in [0.1, 0.15) is 0 Å². The molecular weight excluding hydrogens is 216 g/mol. The van der Waals surface area contributed by atoms with Crippen LogP contribution in [0.2, 0.25) is 0 Å². The maximum atomic E-state index is 11.3. The highest BCUT2D eigenvalue weighted by molar-refractivity contribution is 5.67. The molecule has 0 aliphatic carbocycles. The van der Waals surface area contributed by atoms with Crippen molar-refractivity contribution in [1.29, 1.82) is 0 Å². The Hall–Kier alpha value is -0.770. The molecule has 1 amide bonds. The molecule has 2 rings (SSSR count). The predicted octanol–water partition coefficient (Wildman–Crippen LogP) is 2.34. The van der Waals surface area contributed by atoms with E-state index < -0.39 is 0 Å². The van der Waals surface area contributed by atoms with Crippen molar-refractivity contribution in [3.63, 3.8) is 0 Å². The van der Waals surface area contributed by atoms with E-state index in [2.05, 4.69) is 4.90 Å². The Kier molecular flexibility index (Phi) is 5.75. The van der Waals surface area contributed by atoms with Gasteiger partial charge in [-0.1, -0.05) is 13.8 Å². The molecule has 0 radical (unpaired) electrons. The average Bonchev–Trinajstić information content (AvgIpc) is 2.39. The number of hydrogen-bond acceptors (Lipinski definition) is 3. The summed E-state index contributed by atoms with van der Waals surface area (Å²) in [4.78, 5) is 15.8. The number of carbonyl (C=O) groups excluding carboxylic acids is 1. The number of nitrogens with zero attached hydrogens (tertiary/aromatic N) is 2. The molecule has 17 heavy (non-hydrogen) atoms. The second kappa shape index (κ2) is 6.84. The van der Waals surface area contributed by atoms with Gasteiger partial charge in [0.15, 0.2) is 0 Å². The first-order valence-electron chi connectivity index (χ1n) is 6.38. The third-order valence-electron chi connectivity index (χ3n) is 3.80. The van der Waals surface area contributed by atoms with Crippen LogP contribution in [0.1, 0.15) is 39.5 Å². The van der Waals surface area contributed by atoms with Crippen molar-refractivity contribution in [2.75, 3.05) is 33.3 Å². The van der Waals surface area contributed by atoms with Crippen LogP contribution in [0.3, 0.4) is 0 Å². The van der Waals surface area contributed by atoms with Crippen molar-refractivity contribution < 1.29 is 9.53 Å². The number of hydrogen-bond donors (Lipinski definition) is 0. The number of amides is 1. The fraction of sp³-hybridized carbons (Fsp3) is 0.923. The molecule has 0 aromatic heterocycles. The summed E-state index contributed by atoms with van der Waals surface area (Å²) in [6.07, 6.45) is 6.12. The van der Waals surface area contributed by atoms with Crippen LogP contribution in [0.5, 0.6) is 0 Å². The van der Waals surface area contributed by atoms with Crippen LogP contribution in [0, 0.1) is 0 Å². The molecule has 0 N–H and O–H groups in total. The quantitative estimate of drug-likeness (QED) is 0.707. The predicted molar refractivity (Wildman–Crippen MR) is 69.2 cm³/mol. The van der Waals surface area contributed by atoms with Crippen LogP contribution in [0.15, 0.2) is 0 Å². The molecule has 4 heteroatoms. The maximum Gasteiger partial charge on any atom is 0.409 e. The summed E-state index contributed by atoms with van der Waals surface area (Å²) in [7, 11) is 1.46. The lowest BCUT2D eigenvalue weighted by molar-refractivity contribution is 0.0763. The van der Waals surface area contributed by atoms with E-state index in [9.17, 15) is 4.79 Å². The van der Waals surface area contributed by atoms with Gasteiger partial charge in [0, 0.05) is 19.1 Å². The van der Waals surface area contributed by atoms with Crippen molar-refractivity contribution in [2.45, 2.75) is 45.6 Å². The first-order chi connectivity index (χ1) is 7.81. The largest absolute Gasteiger partial charge is 0.453 e. The zero-order valence-electron chi connectivity index (χ0n) is 10.2. The minimum absolute atomic E-state index is 0. The highest BCUT2D eigenvalue weighted by atomic mass is 16.5. The van der Waals surface area contributed by atoms with Crippen LogP contribution in [0.4, 0.5) is 4.79 Å². The second-order valence-corrected chi connectivity index (χ2v) is 4.78. The fourth-order valence-electron chi connectivity index (χ4n) is 2.83. The minimum Gasteiger partial charge on any atom is -0.453 e. The van der Waals surface area contributed by atoms with Gasteiger partial charge >= 0.3 is 6.09 Å². The van der Waals surface area contributed by atoms with Crippen molar-refractivity contribution >= 4 is 6.09 Å². The van der Waals surface area contributed by atoms with Gasteiger partial charge in [-0.2, -0.15) is 0 Å². The van der Waals surface area contributed by atoms with E-state index in [1.165, 1.54) is 39.5 Å². The Balaban J connectivity index is 0.00000144. The zero-order valence-corrected chi connectivity index (χ0v) is 10.2. The third kappa shape index (κ3) is 3.60. The zero-order chi connectivity index (χ0) is 11.4. The third-order valence-corrected chi connectivity index (χ3v) is 3.80. The fourth-order valence-corrected chi connectivity index (χ4v) is 2.83. The summed E-state index contributed by atoms with van der Waals surface area (Å²) in [5, 5.41) is 0. The number of likely N-dealkylation sites (tertiary alicyclic amines) is 2. The lowest BCUT2D eigenvalue weighted by atomic mass is 10.0. The summed E-state index contributed by atoms with van der Waals surface area (Å²) in [6, 6.07) is 0.696. The Bertz CT molecular complexity index is 232. The van der Waals surface area contributed by atoms with Gasteiger partial charge in [-0.25, -0.2) is 4.79 Å². The minimum atomic E-state index is -0.169. The summed E-state index contributed by atoms with van der Waals surface area (Å²) >= 11 is 0. The number of ether oxygens (including phenoxy) is 1. The first-order valence-corrected chi connectivity index (χ1v) is 6.38. The molecule has 0 saturated carbocycles. The Morgan fingerprint density at radius 3 is 2.18 bits per heavy atom. The van der Waals surface area contributed by atoms with Crippen LogP contribution >= 0.6 is 0 Å². The van der Waals surface area contributed by atoms with Crippen LogP contribution in [0.25, 0.3) is 0 Å². The van der Waals surface area contributed by atoms with E-state index >= 15 is 0 Å². The highest BCUT2D eigenvalue weighted by Crippen LogP contribution is 2.20. The van der Waals surface area contributed by atoms with Crippen molar-refractivity contribution in [3.8, 4) is 0 Å². The summed E-state index contributed by atoms with van der Waals surface area (Å²) in [5.74, 6) is 0. The number of piperidine rings is 2. The standard InChI is InChI=1S/C12H22N2O2.CH4/c1-16-12(15)14-9-5-11(6-10-14)13-7-3-2-4-8-13;/h11H,2-10H2,1H3;1H4. The van der Waals surface area contributed by atoms with E-state index in [-0.39, 0.29) is 13.5 Å². The van der Waals surface area contributed by atoms with Crippen LogP contribution < -0.4 is 0 Å². The van der Waals surface area contributed by atoms with Gasteiger partial charge < -0.3 is 14.5 Å². The monoisotopic (exact) mass is 242 g/mol. The summed E-state index contributed by atoms with van der Waals surface area (Å²) < 4.78 is 4.74. The van der Waals surface area contributed by atoms with E-state index in [0.29, 0.717) is 6.04 Å². The van der Waals surface area contributed by atoms with Gasteiger partial charge in [0.2, 0.25) is 0 Å². The van der Waals surface area contributed by atoms with E-state index in [4.69, 9.17) is 4.74 Å². The van der Waals surface area contributed by atoms with Crippen LogP contribution in [-0.2, 0) is 4.74 Å². The molecule has 100 valence electrons. The smallest absolute Gasteiger partial charge is 0.409 e. The van der Waals surface area contributed by atoms with E-state index in [1.54, 1.807) is 0 Å². The molecule has 2 heterocycles. The van der Waals surface area contributed by atoms with Gasteiger partial charge in [-0.3, -0.25) is 0 Å². The molecule has 4 nitrogen and oxygen atoms in total. The molecule has 0 bridgehead atoms. The van der Waals surface area contributed by atoms with Crippen molar-refractivity contribution in [1.82, 2.24) is 9.80 Å². The molecular formula is C13H26N2O2. The highest BCUT2D eigenvalue weighted by Gasteiger charge is 2.27. The van der Waals surface area contributed by atoms with E-state index in [1.807, 2.05) is 4.90 Å². The van der Waals surface area contributed by atoms with Crippen molar-refractivity contribution in [3.05, 3.63) is 0 Å². The number of carbonyl (C=O) groups is 1. The topological polar surface area (TPSA) is 32.8 Å². The number of methoxy groups -OCH3 is 1. The van der Waals surface area contributed by atoms with Gasteiger partial charge in [0.25, 0.3) is 0 Å². The molecule has 0 unspecified atom stereocenters. The van der Waals surface area contributed by atoms with Crippen LogP contribution in [-0.4, -0.2) is 55.2 Å². The Morgan fingerprint density at radius 2 is 1.65 bits per heavy atom. The molecule has 2 saturated heterocycles. The van der Waals surface area contributed by atoms with Gasteiger partial charge in [-0.15, -0.1) is 0 Å². The molecule has 2 aliphatic heterocycles. The SMILES string of the molecule is C.COC(=O)N1CCC(N2CCCCC2)CC1. The second-order valence-electron chi connectivity index (χ2n) is 4.78. The van der Waals surface area contributed by atoms with Gasteiger partial charge in [-0.05, 0) is 38.8 Å². The molecule has 0 spiro atoms. The number of rotatable bonds is 1. The molecule has 2 aliphatic rings. The Morgan fingerprint density at radius 1 is 1.06 bits per heavy atom. The lowest BCUT2D eigenvalue weighted by Gasteiger charge is -2.39. The van der Waals surface area contributed by atoms with Crippen molar-refractivity contribution in [2.24, 2.45) is 0 Å². The molecule has 0 aromatic carbocycles. The van der Waals surface area contributed by atoms with E-state index in [0.717, 1.165) is 25.9 Å². The summed E-state index contributed by atoms with van der Waals surface area (Å²) in [5.41, 5.74) is 0. The maximum absolute atomic E-state index is 11.3. The molecule has 2 fully saturated rings. The lowest BCUT2D eigenvalue weighted by Crippen LogP contribution is -2.48. The average molecular weight is 242 g/mol. The first kappa shape index (κ1) is 14.3. The Labute approximate surface area is 105 Å². The molecule has 0 atom stereocenters.